The second kappa shape index (κ2) is 8.07. The van der Waals surface area contributed by atoms with Crippen molar-refractivity contribution in [2.24, 2.45) is 0 Å². The van der Waals surface area contributed by atoms with Crippen molar-refractivity contribution in [2.75, 3.05) is 0 Å². The third-order valence-corrected chi connectivity index (χ3v) is 8.87. The lowest BCUT2D eigenvalue weighted by molar-refractivity contribution is 0.799. The normalized spacial score (nSPS) is 12.6. The van der Waals surface area contributed by atoms with Crippen LogP contribution in [-0.2, 0) is 0 Å². The van der Waals surface area contributed by atoms with Crippen LogP contribution >= 0.6 is 11.3 Å². The van der Waals surface area contributed by atoms with Crippen LogP contribution in [0.25, 0.3) is 74.9 Å². The molecule has 2 N–H and O–H groups in total. The minimum Gasteiger partial charge on any atom is -0.342 e. The van der Waals surface area contributed by atoms with Gasteiger partial charge in [-0.3, -0.25) is 5.10 Å². The Kier molecular flexibility index (Phi) is 4.68. The maximum atomic E-state index is 4.94. The van der Waals surface area contributed by atoms with E-state index in [2.05, 4.69) is 91.4 Å². The highest BCUT2D eigenvalue weighted by Crippen LogP contribution is 2.40. The third kappa shape index (κ3) is 3.32. The second-order valence-corrected chi connectivity index (χ2v) is 12.1. The van der Waals surface area contributed by atoms with Gasteiger partial charge in [0.25, 0.3) is 0 Å². The molecule has 0 saturated carbocycles. The maximum absolute atomic E-state index is 4.94. The summed E-state index contributed by atoms with van der Waals surface area (Å²) in [5, 5.41) is 14.3. The molecule has 8 aromatic rings. The van der Waals surface area contributed by atoms with E-state index in [0.717, 1.165) is 55.3 Å². The first-order valence-corrected chi connectivity index (χ1v) is 14.2. The van der Waals surface area contributed by atoms with Gasteiger partial charge in [-0.05, 0) is 40.8 Å². The Morgan fingerprint density at radius 2 is 1.41 bits per heavy atom. The summed E-state index contributed by atoms with van der Waals surface area (Å²) in [6.07, 6.45) is 3.84. The van der Waals surface area contributed by atoms with Crippen LogP contribution in [0, 0.1) is 0 Å². The van der Waals surface area contributed by atoms with Crippen LogP contribution in [0.4, 0.5) is 0 Å². The molecule has 0 amide bonds. The van der Waals surface area contributed by atoms with Crippen molar-refractivity contribution in [2.45, 2.75) is 39.5 Å². The third-order valence-electron chi connectivity index (χ3n) is 7.75. The lowest BCUT2D eigenvalue weighted by Crippen LogP contribution is -1.88. The molecule has 0 aliphatic heterocycles. The lowest BCUT2D eigenvalue weighted by Gasteiger charge is -2.08. The summed E-state index contributed by atoms with van der Waals surface area (Å²) < 4.78 is 2.54. The van der Waals surface area contributed by atoms with Crippen molar-refractivity contribution in [3.63, 3.8) is 0 Å². The minimum atomic E-state index is 0.263. The van der Waals surface area contributed by atoms with Crippen molar-refractivity contribution >= 4 is 75.1 Å². The van der Waals surface area contributed by atoms with Gasteiger partial charge >= 0.3 is 0 Å². The Morgan fingerprint density at radius 3 is 2.21 bits per heavy atom. The number of hydrogen-bond donors (Lipinski definition) is 2. The van der Waals surface area contributed by atoms with Crippen molar-refractivity contribution in [1.29, 1.82) is 0 Å². The number of imidazole rings is 2. The van der Waals surface area contributed by atoms with Gasteiger partial charge in [0.15, 0.2) is 0 Å². The summed E-state index contributed by atoms with van der Waals surface area (Å²) in [5.41, 5.74) is 6.39. The molecule has 0 saturated heterocycles. The molecule has 0 aliphatic carbocycles. The van der Waals surface area contributed by atoms with Crippen molar-refractivity contribution < 1.29 is 0 Å². The van der Waals surface area contributed by atoms with Gasteiger partial charge in [0, 0.05) is 54.4 Å². The summed E-state index contributed by atoms with van der Waals surface area (Å²) in [6, 6.07) is 18.0. The molecule has 0 aliphatic rings. The monoisotopic (exact) mass is 526 g/mol. The molecular formula is C32H26N6S. The number of aromatic nitrogens is 6. The minimum absolute atomic E-state index is 0.263. The number of hydrogen-bond acceptors (Lipinski definition) is 5. The summed E-state index contributed by atoms with van der Waals surface area (Å²) in [6.45, 7) is 8.60. The number of thiophene rings is 1. The number of H-pyrrole nitrogens is 2. The summed E-state index contributed by atoms with van der Waals surface area (Å²) >= 11 is 1.83. The van der Waals surface area contributed by atoms with Crippen LogP contribution < -0.4 is 0 Å². The Morgan fingerprint density at radius 1 is 0.667 bits per heavy atom. The van der Waals surface area contributed by atoms with E-state index < -0.39 is 0 Å². The van der Waals surface area contributed by atoms with Gasteiger partial charge in [0.05, 0.1) is 22.7 Å². The molecule has 0 spiro atoms. The zero-order valence-electron chi connectivity index (χ0n) is 22.1. The molecule has 0 atom stereocenters. The standard InChI is InChI=1S/C32H26N6S/c1-15(2)31-35-25-11-22-19-7-5-18(10-27(19)39-28(22)12-26(25)36-31)17-6-8-20-21(9-17)23-13-33-34-14-24(23)30-29(20)37-32(38-30)16(3)4/h5-16,33H,1-4H3,(H,35,36). The van der Waals surface area contributed by atoms with Gasteiger partial charge in [-0.15, -0.1) is 11.3 Å². The first-order valence-electron chi connectivity index (χ1n) is 13.4. The van der Waals surface area contributed by atoms with E-state index in [1.807, 2.05) is 23.7 Å². The zero-order valence-corrected chi connectivity index (χ0v) is 22.9. The fourth-order valence-corrected chi connectivity index (χ4v) is 6.82. The van der Waals surface area contributed by atoms with Gasteiger partial charge in [0.1, 0.15) is 17.2 Å². The maximum Gasteiger partial charge on any atom is 0.132 e. The fourth-order valence-electron chi connectivity index (χ4n) is 5.66. The Hall–Kier alpha value is -4.36. The predicted molar refractivity (Wildman–Crippen MR) is 163 cm³/mol. The van der Waals surface area contributed by atoms with Crippen LogP contribution in [0.2, 0.25) is 0 Å². The zero-order chi connectivity index (χ0) is 26.4. The topological polar surface area (TPSA) is 83.1 Å². The van der Waals surface area contributed by atoms with Crippen LogP contribution in [0.3, 0.4) is 0 Å². The lowest BCUT2D eigenvalue weighted by atomic mass is 9.96. The molecule has 0 fully saturated rings. The second-order valence-electron chi connectivity index (χ2n) is 11.0. The van der Waals surface area contributed by atoms with E-state index in [9.17, 15) is 0 Å². The van der Waals surface area contributed by atoms with Crippen LogP contribution in [0.15, 0.2) is 60.9 Å². The average molecular weight is 527 g/mol. The first-order chi connectivity index (χ1) is 18.9. The van der Waals surface area contributed by atoms with Crippen LogP contribution in [-0.4, -0.2) is 30.1 Å². The van der Waals surface area contributed by atoms with E-state index in [1.54, 1.807) is 0 Å². The Labute approximate surface area is 228 Å². The number of fused-ring (bicyclic) bond motifs is 10. The number of nitrogens with one attached hydrogen (secondary N) is 2. The summed E-state index contributed by atoms with van der Waals surface area (Å²) in [5.74, 6) is 2.55. The average Bonchev–Trinajstić information content (AvgIpc) is 3.66. The van der Waals surface area contributed by atoms with Gasteiger partial charge < -0.3 is 4.98 Å². The molecule has 8 rings (SSSR count). The SMILES string of the molecule is CC(C)c1nc2c3ccc(-c4ccc5c(c4)sc4cc6nc(C(C)C)[nH]c6cc45)cc3c3c[nH]ncc3c2n1. The molecule has 4 aromatic heterocycles. The number of benzene rings is 4. The number of nitrogens with zero attached hydrogens (tertiary/aromatic N) is 4. The molecular weight excluding hydrogens is 500 g/mol. The van der Waals surface area contributed by atoms with E-state index in [-0.39, 0.29) is 5.92 Å². The van der Waals surface area contributed by atoms with Crippen LogP contribution in [0.5, 0.6) is 0 Å². The summed E-state index contributed by atoms with van der Waals surface area (Å²) in [7, 11) is 0. The fraction of sp³-hybridized carbons (Fsp3) is 0.188. The quantitative estimate of drug-likeness (QED) is 0.225. The molecule has 4 aromatic carbocycles. The predicted octanol–water partition coefficient (Wildman–Crippen LogP) is 8.82. The van der Waals surface area contributed by atoms with E-state index in [1.165, 1.54) is 31.3 Å². The van der Waals surface area contributed by atoms with E-state index in [0.29, 0.717) is 5.92 Å². The largest absolute Gasteiger partial charge is 0.342 e. The van der Waals surface area contributed by atoms with Gasteiger partial charge in [0.2, 0.25) is 0 Å². The van der Waals surface area contributed by atoms with Crippen molar-refractivity contribution in [3.8, 4) is 11.1 Å². The molecule has 190 valence electrons. The molecule has 7 heteroatoms. The van der Waals surface area contributed by atoms with E-state index in [4.69, 9.17) is 15.0 Å². The molecule has 0 bridgehead atoms. The van der Waals surface area contributed by atoms with Crippen molar-refractivity contribution in [3.05, 3.63) is 72.6 Å². The Balaban J connectivity index is 1.31. The molecule has 6 nitrogen and oxygen atoms in total. The van der Waals surface area contributed by atoms with E-state index >= 15 is 0 Å². The highest BCUT2D eigenvalue weighted by Gasteiger charge is 2.17. The number of rotatable bonds is 3. The number of aromatic amines is 2. The molecule has 39 heavy (non-hydrogen) atoms. The van der Waals surface area contributed by atoms with Gasteiger partial charge in [-0.25, -0.2) is 15.0 Å². The molecule has 4 heterocycles. The highest BCUT2D eigenvalue weighted by atomic mass is 32.1. The highest BCUT2D eigenvalue weighted by molar-refractivity contribution is 7.25. The summed E-state index contributed by atoms with van der Waals surface area (Å²) in [4.78, 5) is 18.1. The Bertz CT molecular complexity index is 2250. The molecule has 0 radical (unpaired) electrons. The first kappa shape index (κ1) is 22.6. The van der Waals surface area contributed by atoms with Gasteiger partial charge in [-0.1, -0.05) is 52.0 Å². The smallest absolute Gasteiger partial charge is 0.132 e. The van der Waals surface area contributed by atoms with Crippen LogP contribution in [0.1, 0.15) is 51.2 Å². The van der Waals surface area contributed by atoms with Crippen molar-refractivity contribution in [1.82, 2.24) is 30.1 Å². The molecule has 0 unspecified atom stereocenters. The van der Waals surface area contributed by atoms with Gasteiger partial charge in [-0.2, -0.15) is 5.10 Å².